The predicted molar refractivity (Wildman–Crippen MR) is 436 cm³/mol. The molecule has 0 bridgehead atoms. The molecule has 8 aromatic rings. The largest absolute Gasteiger partial charge is 0.396 e. The zero-order chi connectivity index (χ0) is 76.1. The second-order valence-electron chi connectivity index (χ2n) is 25.8. The molecule has 20 heteroatoms. The van der Waals surface area contributed by atoms with Crippen molar-refractivity contribution < 1.29 is 56.2 Å². The summed E-state index contributed by atoms with van der Waals surface area (Å²) in [6.45, 7) is 3.24. The third kappa shape index (κ3) is 31.5. The van der Waals surface area contributed by atoms with Crippen LogP contribution in [0, 0.1) is 0 Å². The Morgan fingerprint density at radius 2 is 0.562 bits per heavy atom. The number of halogens is 7. The average Bonchev–Trinajstić information content (AvgIpc) is 0.823. The summed E-state index contributed by atoms with van der Waals surface area (Å²) in [4.78, 5) is 3.95. The van der Waals surface area contributed by atoms with Crippen molar-refractivity contribution in [2.24, 2.45) is 0 Å². The Labute approximate surface area is 658 Å². The summed E-state index contributed by atoms with van der Waals surface area (Å²) in [5.74, 6) is 0.170. The van der Waals surface area contributed by atoms with E-state index in [1.54, 1.807) is 0 Å². The minimum Gasteiger partial charge on any atom is -0.396 e. The maximum Gasteiger partial charge on any atom is 0.0606 e. The first-order valence-electron chi connectivity index (χ1n) is 36.7. The summed E-state index contributed by atoms with van der Waals surface area (Å²) in [5, 5.41) is 102. The number of aliphatic hydroxyl groups is 11. The Morgan fingerprint density at radius 3 is 0.876 bits per heavy atom. The van der Waals surface area contributed by atoms with Gasteiger partial charge in [0, 0.05) is 116 Å². The van der Waals surface area contributed by atoms with E-state index in [0.717, 1.165) is 142 Å². The molecule has 0 aliphatic carbocycles. The van der Waals surface area contributed by atoms with Gasteiger partial charge in [-0.15, -0.1) is 34.8 Å². The van der Waals surface area contributed by atoms with Crippen LogP contribution < -0.4 is 9.80 Å². The lowest BCUT2D eigenvalue weighted by atomic mass is 9.84. The number of aliphatic hydroxyl groups excluding tert-OH is 11. The second-order valence-corrected chi connectivity index (χ2v) is 29.0. The smallest absolute Gasteiger partial charge is 0.0606 e. The molecular formula is C85H109Cl7N2O11. The van der Waals surface area contributed by atoms with Crippen LogP contribution >= 0.6 is 81.2 Å². The van der Waals surface area contributed by atoms with E-state index in [1.165, 1.54) is 27.8 Å². The van der Waals surface area contributed by atoms with Gasteiger partial charge in [-0.25, -0.2) is 0 Å². The first kappa shape index (κ1) is 90.6. The molecule has 0 aromatic heterocycles. The Balaban J connectivity index is 0.000000253. The molecule has 0 fully saturated rings. The van der Waals surface area contributed by atoms with Crippen molar-refractivity contribution >= 4 is 92.6 Å². The lowest BCUT2D eigenvalue weighted by Crippen LogP contribution is -2.29. The third-order valence-corrected chi connectivity index (χ3v) is 20.9. The molecule has 0 saturated heterocycles. The maximum atomic E-state index is 9.32. The fourth-order valence-corrected chi connectivity index (χ4v) is 14.3. The molecule has 8 aromatic carbocycles. The summed E-state index contributed by atoms with van der Waals surface area (Å²) in [5.41, 5.74) is 16.2. The number of unbranched alkanes of at least 4 members (excludes halogenated alkanes) is 3. The summed E-state index contributed by atoms with van der Waals surface area (Å²) >= 11 is 44.7. The fraction of sp³-hybridized carbons (Fsp3) is 0.435. The highest BCUT2D eigenvalue weighted by molar-refractivity contribution is 6.37. The molecule has 105 heavy (non-hydrogen) atoms. The van der Waals surface area contributed by atoms with E-state index in [-0.39, 0.29) is 101 Å². The molecular weight excluding hydrogens is 1470 g/mol. The molecule has 13 nitrogen and oxygen atoms in total. The van der Waals surface area contributed by atoms with Gasteiger partial charge in [-0.1, -0.05) is 174 Å². The van der Waals surface area contributed by atoms with Gasteiger partial charge in [-0.3, -0.25) is 0 Å². The van der Waals surface area contributed by atoms with Crippen LogP contribution in [0.1, 0.15) is 184 Å². The van der Waals surface area contributed by atoms with Crippen molar-refractivity contribution in [1.29, 1.82) is 0 Å². The van der Waals surface area contributed by atoms with Crippen molar-refractivity contribution in [2.45, 2.75) is 137 Å². The van der Waals surface area contributed by atoms with Crippen LogP contribution in [-0.2, 0) is 25.7 Å². The fourth-order valence-electron chi connectivity index (χ4n) is 12.5. The molecule has 11 N–H and O–H groups in total. The molecule has 5 atom stereocenters. The molecule has 0 aliphatic rings. The number of aryl methyl sites for hydroxylation is 3. The number of hydrogen-bond donors (Lipinski definition) is 11. The van der Waals surface area contributed by atoms with Crippen LogP contribution in [0.25, 0.3) is 0 Å². The summed E-state index contributed by atoms with van der Waals surface area (Å²) in [6.07, 6.45) is 12.9. The Hall–Kier alpha value is -5.05. The molecule has 574 valence electrons. The SMILES string of the molecule is OCCCC(Cl)c1cc(C(Cl)CCCO)cc(C(Cl)CCCO)c1.OCCCCc1cc(CCCCO)c(Cl)c(CCCCO)c1Cl.OCCCc1ccc(C(c2ccc(Cl)cc2)c2ccc(N(CCO)CCO)cc2)cc1.OCCN(CCO)c1ccc(C(c2ccccc2)c2ccc(Cl)cc2)cc1. The molecule has 0 amide bonds. The number of hydrogen-bond acceptors (Lipinski definition) is 13. The highest BCUT2D eigenvalue weighted by Crippen LogP contribution is 2.40. The van der Waals surface area contributed by atoms with Crippen LogP contribution in [0.15, 0.2) is 176 Å². The van der Waals surface area contributed by atoms with E-state index < -0.39 is 0 Å². The van der Waals surface area contributed by atoms with Gasteiger partial charge < -0.3 is 66.0 Å². The third-order valence-electron chi connectivity index (χ3n) is 18.1. The van der Waals surface area contributed by atoms with Crippen LogP contribution in [0.5, 0.6) is 0 Å². The van der Waals surface area contributed by atoms with Crippen molar-refractivity contribution in [1.82, 2.24) is 0 Å². The Bertz CT molecular complexity index is 3460. The molecule has 0 saturated carbocycles. The van der Waals surface area contributed by atoms with Crippen LogP contribution in [0.4, 0.5) is 11.4 Å². The van der Waals surface area contributed by atoms with E-state index in [1.807, 2.05) is 82.6 Å². The topological polar surface area (TPSA) is 229 Å². The minimum atomic E-state index is -0.209. The standard InChI is InChI=1S/C26H30ClNO3.C23H24ClNO2.C18H27Cl3O3.C18H28Cl2O3/c27-24-11-7-22(8-12-24)26(21-5-3-20(4-6-21)2-1-17-29)23-9-13-25(14-10-23)28(15-18-30)16-19-31;24-21-10-6-19(7-11-21)23(18-4-2-1-3-5-18)20-8-12-22(13-9-20)25(14-16-26)15-17-27;19-16(4-1-7-22)13-10-14(17(20)5-2-8-23)12-15(11-13)18(21)6-3-9-24;19-17-14(7-1-4-10-21)13-15(8-2-5-11-22)18(20)16(17)9-3-6-12-23/h3-14,26,29-31H,1-2,15-19H2;1-13,23,26-27H,14-17H2;10-12,16-18,22-24H,1-9H2;13,21-23H,1-12H2. The van der Waals surface area contributed by atoms with E-state index in [4.69, 9.17) is 117 Å². The number of benzene rings is 8. The monoisotopic (exact) mass is 1580 g/mol. The molecule has 0 spiro atoms. The Kier molecular flexibility index (Phi) is 45.6. The summed E-state index contributed by atoms with van der Waals surface area (Å²) in [7, 11) is 0. The van der Waals surface area contributed by atoms with E-state index in [9.17, 15) is 20.4 Å². The molecule has 0 aliphatic heterocycles. The van der Waals surface area contributed by atoms with Gasteiger partial charge in [0.15, 0.2) is 0 Å². The summed E-state index contributed by atoms with van der Waals surface area (Å²) < 4.78 is 0. The Morgan fingerprint density at radius 1 is 0.267 bits per heavy atom. The quantitative estimate of drug-likeness (QED) is 0.00972. The number of anilines is 2. The maximum absolute atomic E-state index is 9.32. The molecule has 0 heterocycles. The lowest BCUT2D eigenvalue weighted by molar-refractivity contribution is 0.280. The van der Waals surface area contributed by atoms with Crippen molar-refractivity contribution in [2.75, 3.05) is 109 Å². The van der Waals surface area contributed by atoms with Gasteiger partial charge in [0.2, 0.25) is 0 Å². The highest BCUT2D eigenvalue weighted by Gasteiger charge is 2.22. The summed E-state index contributed by atoms with van der Waals surface area (Å²) in [6, 6.07) is 59.6. The van der Waals surface area contributed by atoms with E-state index >= 15 is 0 Å². The van der Waals surface area contributed by atoms with Gasteiger partial charge in [0.25, 0.3) is 0 Å². The normalized spacial score (nSPS) is 12.6. The van der Waals surface area contributed by atoms with Gasteiger partial charge in [-0.05, 0) is 230 Å². The molecule has 8 rings (SSSR count). The minimum absolute atomic E-state index is 0.0395. The van der Waals surface area contributed by atoms with Crippen molar-refractivity contribution in [3.8, 4) is 0 Å². The zero-order valence-electron chi connectivity index (χ0n) is 60.2. The average molecular weight is 1580 g/mol. The van der Waals surface area contributed by atoms with E-state index in [0.29, 0.717) is 69.7 Å². The highest BCUT2D eigenvalue weighted by atomic mass is 35.5. The van der Waals surface area contributed by atoms with Crippen LogP contribution in [-0.4, -0.2) is 155 Å². The zero-order valence-corrected chi connectivity index (χ0v) is 65.5. The van der Waals surface area contributed by atoms with Gasteiger partial charge >= 0.3 is 0 Å². The molecule has 5 unspecified atom stereocenters. The van der Waals surface area contributed by atoms with Crippen molar-refractivity contribution in [3.63, 3.8) is 0 Å². The first-order valence-corrected chi connectivity index (χ1v) is 39.5. The number of alkyl halides is 3. The van der Waals surface area contributed by atoms with Gasteiger partial charge in [-0.2, -0.15) is 0 Å². The lowest BCUT2D eigenvalue weighted by Gasteiger charge is -2.24. The van der Waals surface area contributed by atoms with Gasteiger partial charge in [0.05, 0.1) is 42.6 Å². The second kappa shape index (κ2) is 52.9. The molecule has 0 radical (unpaired) electrons. The number of rotatable bonds is 43. The van der Waals surface area contributed by atoms with Crippen LogP contribution in [0.2, 0.25) is 20.1 Å². The first-order chi connectivity index (χ1) is 51.1. The van der Waals surface area contributed by atoms with E-state index in [2.05, 4.69) is 103 Å². The van der Waals surface area contributed by atoms with Crippen molar-refractivity contribution in [3.05, 3.63) is 268 Å². The van der Waals surface area contributed by atoms with Gasteiger partial charge in [0.1, 0.15) is 0 Å². The number of nitrogens with zero attached hydrogens (tertiary/aromatic N) is 2. The van der Waals surface area contributed by atoms with Crippen LogP contribution in [0.3, 0.4) is 0 Å². The predicted octanol–water partition coefficient (Wildman–Crippen LogP) is 17.3.